The second-order valence-electron chi connectivity index (χ2n) is 4.11. The molecule has 1 aliphatic carbocycles. The van der Waals surface area contributed by atoms with Gasteiger partial charge in [0, 0.05) is 24.2 Å². The summed E-state index contributed by atoms with van der Waals surface area (Å²) in [5.41, 5.74) is 4.69. The number of nitrogens with one attached hydrogen (secondary N) is 1. The summed E-state index contributed by atoms with van der Waals surface area (Å²) in [5, 5.41) is 13.4. The maximum Gasteiger partial charge on any atom is 0.327 e. The van der Waals surface area contributed by atoms with Crippen LogP contribution in [0.3, 0.4) is 0 Å². The van der Waals surface area contributed by atoms with Crippen LogP contribution in [0.4, 0.5) is 20.2 Å². The average molecular weight is 243 g/mol. The van der Waals surface area contributed by atoms with Crippen molar-refractivity contribution >= 4 is 11.4 Å². The van der Waals surface area contributed by atoms with Gasteiger partial charge in [-0.2, -0.15) is 4.39 Å². The van der Waals surface area contributed by atoms with E-state index in [4.69, 9.17) is 5.73 Å². The van der Waals surface area contributed by atoms with Crippen LogP contribution in [-0.2, 0) is 0 Å². The molecule has 0 aliphatic heterocycles. The fourth-order valence-corrected chi connectivity index (χ4v) is 1.86. The molecule has 0 spiro atoms. The SMILES string of the molecule is NC1CC(Nc2cc(F)cc(F)c2[N+](=O)[O-])C1. The van der Waals surface area contributed by atoms with Crippen molar-refractivity contribution in [1.29, 1.82) is 0 Å². The fourth-order valence-electron chi connectivity index (χ4n) is 1.86. The maximum atomic E-state index is 13.3. The number of anilines is 1. The van der Waals surface area contributed by atoms with Crippen LogP contribution < -0.4 is 11.1 Å². The van der Waals surface area contributed by atoms with Gasteiger partial charge >= 0.3 is 5.69 Å². The Balaban J connectivity index is 2.27. The summed E-state index contributed by atoms with van der Waals surface area (Å²) < 4.78 is 26.3. The van der Waals surface area contributed by atoms with Crippen molar-refractivity contribution in [3.05, 3.63) is 33.9 Å². The highest BCUT2D eigenvalue weighted by Crippen LogP contribution is 2.32. The predicted molar refractivity (Wildman–Crippen MR) is 57.6 cm³/mol. The molecule has 17 heavy (non-hydrogen) atoms. The molecule has 0 radical (unpaired) electrons. The van der Waals surface area contributed by atoms with Crippen molar-refractivity contribution in [2.45, 2.75) is 24.9 Å². The van der Waals surface area contributed by atoms with Crippen LogP contribution in [0, 0.1) is 21.7 Å². The Labute approximate surface area is 95.8 Å². The molecule has 7 heteroatoms. The molecule has 1 aromatic carbocycles. The predicted octanol–water partition coefficient (Wildman–Crippen LogP) is 1.77. The number of halogens is 2. The molecule has 0 unspecified atom stereocenters. The van der Waals surface area contributed by atoms with Gasteiger partial charge in [-0.15, -0.1) is 0 Å². The molecule has 0 bridgehead atoms. The van der Waals surface area contributed by atoms with E-state index in [2.05, 4.69) is 5.32 Å². The lowest BCUT2D eigenvalue weighted by molar-refractivity contribution is -0.386. The lowest BCUT2D eigenvalue weighted by Gasteiger charge is -2.33. The molecule has 3 N–H and O–H groups in total. The number of rotatable bonds is 3. The number of hydrogen-bond donors (Lipinski definition) is 2. The number of nitro benzene ring substituents is 1. The zero-order chi connectivity index (χ0) is 12.6. The monoisotopic (exact) mass is 243 g/mol. The number of nitro groups is 1. The summed E-state index contributed by atoms with van der Waals surface area (Å²) in [6.07, 6.45) is 1.27. The van der Waals surface area contributed by atoms with Crippen molar-refractivity contribution in [2.24, 2.45) is 5.73 Å². The number of nitrogens with zero attached hydrogens (tertiary/aromatic N) is 1. The van der Waals surface area contributed by atoms with Crippen LogP contribution in [0.15, 0.2) is 12.1 Å². The molecule has 92 valence electrons. The van der Waals surface area contributed by atoms with Gasteiger partial charge in [-0.05, 0) is 12.8 Å². The summed E-state index contributed by atoms with van der Waals surface area (Å²) in [4.78, 5) is 9.82. The van der Waals surface area contributed by atoms with Crippen LogP contribution >= 0.6 is 0 Å². The molecule has 0 saturated heterocycles. The van der Waals surface area contributed by atoms with E-state index in [-0.39, 0.29) is 17.8 Å². The van der Waals surface area contributed by atoms with Gasteiger partial charge in [0.1, 0.15) is 11.5 Å². The lowest BCUT2D eigenvalue weighted by atomic mass is 9.87. The molecule has 1 aliphatic rings. The molecular weight excluding hydrogens is 232 g/mol. The molecule has 1 aromatic rings. The fraction of sp³-hybridized carbons (Fsp3) is 0.400. The largest absolute Gasteiger partial charge is 0.376 e. The van der Waals surface area contributed by atoms with E-state index in [1.165, 1.54) is 0 Å². The first kappa shape index (κ1) is 11.7. The van der Waals surface area contributed by atoms with Crippen LogP contribution in [-0.4, -0.2) is 17.0 Å². The molecule has 1 saturated carbocycles. The molecule has 5 nitrogen and oxygen atoms in total. The smallest absolute Gasteiger partial charge is 0.327 e. The van der Waals surface area contributed by atoms with E-state index in [0.717, 1.165) is 6.07 Å². The molecule has 0 heterocycles. The second-order valence-corrected chi connectivity index (χ2v) is 4.11. The third-order valence-corrected chi connectivity index (χ3v) is 2.74. The van der Waals surface area contributed by atoms with Gasteiger partial charge in [0.2, 0.25) is 5.82 Å². The second kappa shape index (κ2) is 4.25. The van der Waals surface area contributed by atoms with Crippen LogP contribution in [0.2, 0.25) is 0 Å². The normalized spacial score (nSPS) is 23.0. The average Bonchev–Trinajstić information content (AvgIpc) is 2.13. The van der Waals surface area contributed by atoms with E-state index in [1.807, 2.05) is 0 Å². The van der Waals surface area contributed by atoms with Crippen molar-refractivity contribution in [3.8, 4) is 0 Å². The van der Waals surface area contributed by atoms with E-state index in [9.17, 15) is 18.9 Å². The van der Waals surface area contributed by atoms with E-state index in [0.29, 0.717) is 18.9 Å². The van der Waals surface area contributed by atoms with E-state index < -0.39 is 22.2 Å². The number of nitrogens with two attached hydrogens (primary N) is 1. The summed E-state index contributed by atoms with van der Waals surface area (Å²) in [5.74, 6) is -2.03. The topological polar surface area (TPSA) is 81.2 Å². The molecule has 2 rings (SSSR count). The quantitative estimate of drug-likeness (QED) is 0.626. The Hall–Kier alpha value is -1.76. The molecule has 1 fully saturated rings. The van der Waals surface area contributed by atoms with Crippen molar-refractivity contribution in [3.63, 3.8) is 0 Å². The van der Waals surface area contributed by atoms with Gasteiger partial charge in [-0.3, -0.25) is 10.1 Å². The Morgan fingerprint density at radius 2 is 2.06 bits per heavy atom. The Morgan fingerprint density at radius 1 is 1.41 bits per heavy atom. The summed E-state index contributed by atoms with van der Waals surface area (Å²) in [6.45, 7) is 0. The highest BCUT2D eigenvalue weighted by Gasteiger charge is 2.29. The zero-order valence-electron chi connectivity index (χ0n) is 8.82. The van der Waals surface area contributed by atoms with Crippen LogP contribution in [0.25, 0.3) is 0 Å². The summed E-state index contributed by atoms with van der Waals surface area (Å²) in [6, 6.07) is 1.40. The Kier molecular flexibility index (Phi) is 2.93. The van der Waals surface area contributed by atoms with Gasteiger partial charge < -0.3 is 11.1 Å². The molecule has 0 amide bonds. The summed E-state index contributed by atoms with van der Waals surface area (Å²) >= 11 is 0. The minimum absolute atomic E-state index is 0.0463. The number of hydrogen-bond acceptors (Lipinski definition) is 4. The van der Waals surface area contributed by atoms with Gasteiger partial charge in [0.25, 0.3) is 0 Å². The van der Waals surface area contributed by atoms with Gasteiger partial charge in [0.15, 0.2) is 0 Å². The Morgan fingerprint density at radius 3 is 2.59 bits per heavy atom. The molecule has 0 aromatic heterocycles. The minimum atomic E-state index is -1.18. The molecule has 0 atom stereocenters. The zero-order valence-corrected chi connectivity index (χ0v) is 8.82. The first-order valence-electron chi connectivity index (χ1n) is 5.13. The Bertz CT molecular complexity index is 461. The third-order valence-electron chi connectivity index (χ3n) is 2.74. The van der Waals surface area contributed by atoms with Crippen molar-refractivity contribution < 1.29 is 13.7 Å². The highest BCUT2D eigenvalue weighted by molar-refractivity contribution is 5.63. The first-order chi connectivity index (χ1) is 7.97. The van der Waals surface area contributed by atoms with E-state index in [1.54, 1.807) is 0 Å². The third kappa shape index (κ3) is 2.33. The van der Waals surface area contributed by atoms with Gasteiger partial charge in [0.05, 0.1) is 4.92 Å². The highest BCUT2D eigenvalue weighted by atomic mass is 19.1. The summed E-state index contributed by atoms with van der Waals surface area (Å²) in [7, 11) is 0. The standard InChI is InChI=1S/C10H11F2N3O2/c11-5-1-8(12)10(15(16)17)9(2-5)14-7-3-6(13)4-7/h1-2,6-7,14H,3-4,13H2. The molecular formula is C10H11F2N3O2. The lowest BCUT2D eigenvalue weighted by Crippen LogP contribution is -2.44. The number of benzene rings is 1. The van der Waals surface area contributed by atoms with E-state index >= 15 is 0 Å². The van der Waals surface area contributed by atoms with Gasteiger partial charge in [-0.25, -0.2) is 4.39 Å². The van der Waals surface area contributed by atoms with Crippen LogP contribution in [0.5, 0.6) is 0 Å². The van der Waals surface area contributed by atoms with Crippen molar-refractivity contribution in [2.75, 3.05) is 5.32 Å². The maximum absolute atomic E-state index is 13.3. The minimum Gasteiger partial charge on any atom is -0.376 e. The van der Waals surface area contributed by atoms with Crippen molar-refractivity contribution in [1.82, 2.24) is 0 Å². The first-order valence-corrected chi connectivity index (χ1v) is 5.13. The van der Waals surface area contributed by atoms with Crippen LogP contribution in [0.1, 0.15) is 12.8 Å². The van der Waals surface area contributed by atoms with Gasteiger partial charge in [-0.1, -0.05) is 0 Å².